The van der Waals surface area contributed by atoms with Crippen molar-refractivity contribution in [2.45, 2.75) is 287 Å². The van der Waals surface area contributed by atoms with E-state index in [1.807, 2.05) is 0 Å². The topological polar surface area (TPSA) is 711 Å². The van der Waals surface area contributed by atoms with E-state index in [2.05, 4.69) is 69.1 Å². The van der Waals surface area contributed by atoms with Crippen molar-refractivity contribution in [1.82, 2.24) is 83.8 Å². The van der Waals surface area contributed by atoms with Crippen LogP contribution in [0.1, 0.15) is 191 Å². The zero-order chi connectivity index (χ0) is 88.2. The fourth-order valence-electron chi connectivity index (χ4n) is 13.2. The van der Waals surface area contributed by atoms with Gasteiger partial charge in [-0.2, -0.15) is 0 Å². The molecule has 0 aromatic rings. The van der Waals surface area contributed by atoms with Crippen LogP contribution in [0.4, 0.5) is 0 Å². The van der Waals surface area contributed by atoms with Crippen LogP contribution in [0.5, 0.6) is 0 Å². The Hall–Kier alpha value is -10.9. The maximum atomic E-state index is 14.7. The van der Waals surface area contributed by atoms with Crippen molar-refractivity contribution in [2.24, 2.45) is 46.2 Å². The van der Waals surface area contributed by atoms with E-state index >= 15 is 0 Å². The molecule has 0 radical (unpaired) electrons. The minimum absolute atomic E-state index is 0.00578. The summed E-state index contributed by atoms with van der Waals surface area (Å²) in [7, 11) is 0. The van der Waals surface area contributed by atoms with Gasteiger partial charge in [0.15, 0.2) is 5.96 Å². The third-order valence-corrected chi connectivity index (χ3v) is 20.1. The highest BCUT2D eigenvalue weighted by Gasteiger charge is 2.45. The monoisotopic (exact) mass is 1660 g/mol. The van der Waals surface area contributed by atoms with Gasteiger partial charge >= 0.3 is 11.9 Å². The van der Waals surface area contributed by atoms with Gasteiger partial charge in [0, 0.05) is 45.4 Å². The summed E-state index contributed by atoms with van der Waals surface area (Å²) in [6.45, 7) is 13.5. The molecule has 0 aromatic carbocycles. The van der Waals surface area contributed by atoms with Gasteiger partial charge in [-0.05, 0) is 162 Å². The normalized spacial score (nSPS) is 18.4. The zero-order valence-corrected chi connectivity index (χ0v) is 68.2. The van der Waals surface area contributed by atoms with Crippen LogP contribution in [0, 0.1) is 17.2 Å². The van der Waals surface area contributed by atoms with E-state index in [-0.39, 0.29) is 116 Å². The molecule has 3 fully saturated rings. The fraction of sp³-hybridized carbons (Fsp3) is 0.726. The first-order chi connectivity index (χ1) is 55.0. The lowest BCUT2D eigenvalue weighted by Crippen LogP contribution is -2.60. The molecule has 0 aromatic heterocycles. The van der Waals surface area contributed by atoms with E-state index in [4.69, 9.17) is 39.8 Å². The first kappa shape index (κ1) is 100. The van der Waals surface area contributed by atoms with E-state index in [9.17, 15) is 101 Å². The molecule has 0 unspecified atom stereocenters. The number of guanidine groups is 1. The molecule has 3 saturated heterocycles. The largest absolute Gasteiger partial charge is 0.481 e. The first-order valence-corrected chi connectivity index (χ1v) is 39.8. The Kier molecular flexibility index (Phi) is 42.7. The molecule has 3 rings (SSSR count). The second kappa shape index (κ2) is 49.9. The van der Waals surface area contributed by atoms with Crippen molar-refractivity contribution in [3.05, 3.63) is 0 Å². The lowest BCUT2D eigenvalue weighted by Gasteiger charge is -2.33. The number of aliphatic carboxylic acids is 2. The molecule has 0 aliphatic carbocycles. The fourth-order valence-corrected chi connectivity index (χ4v) is 13.2. The molecule has 16 atom stereocenters. The number of rotatable bonds is 51. The van der Waals surface area contributed by atoms with Crippen molar-refractivity contribution in [3.8, 4) is 0 Å². The van der Waals surface area contributed by atoms with Gasteiger partial charge in [-0.1, -0.05) is 34.1 Å². The van der Waals surface area contributed by atoms with Crippen molar-refractivity contribution in [1.29, 1.82) is 5.41 Å². The van der Waals surface area contributed by atoms with Crippen LogP contribution in [-0.2, 0) is 91.1 Å². The average molecular weight is 1660 g/mol. The van der Waals surface area contributed by atoms with E-state index < -0.39 is 240 Å². The lowest BCUT2D eigenvalue weighted by molar-refractivity contribution is -0.145. The summed E-state index contributed by atoms with van der Waals surface area (Å²) in [5, 5.41) is 59.4. The molecule has 3 aliphatic heterocycles. The highest BCUT2D eigenvalue weighted by atomic mass is 16.4. The van der Waals surface area contributed by atoms with Gasteiger partial charge < -0.3 is 128 Å². The third kappa shape index (κ3) is 33.3. The number of amides is 17. The lowest BCUT2D eigenvalue weighted by atomic mass is 10.0. The summed E-state index contributed by atoms with van der Waals surface area (Å²) in [5.41, 5.74) is 33.6. The number of nitrogens with one attached hydrogen (secondary N) is 14. The zero-order valence-electron chi connectivity index (χ0n) is 68.2. The van der Waals surface area contributed by atoms with Crippen LogP contribution in [0.2, 0.25) is 0 Å². The SMILES string of the molecule is CC(C)[C@H](NC(=O)[C@H](C)NC(=O)[C@H](CCCNC(=N)N)NC(=O)[C@@H]1CCCN1C(=O)[C@H](CCCCN)NC(=O)[C@H](C)NC(=O)[C@H](CCC(N)=O)NC(=O)[C@@H]1CCCN1C(=O)[C@@H](NC(=O)[C@@H]1CCCN1C(=O)[C@H](CCC(=O)O)NC(=O)[C@@H](N)CCCCN)C(C)C)C(=O)N[C@@H](C)C(=O)N[C@@H](C)C(=O)N[C@@H](C)C(=O)N[C@@H](CCC(N)=O)C(=O)O. The van der Waals surface area contributed by atoms with Gasteiger partial charge in [-0.15, -0.1) is 0 Å². The predicted octanol–water partition coefficient (Wildman–Crippen LogP) is -7.48. The van der Waals surface area contributed by atoms with Crippen LogP contribution in [0.25, 0.3) is 0 Å². The molecule has 0 saturated carbocycles. The summed E-state index contributed by atoms with van der Waals surface area (Å²) in [5.74, 6) is -18.3. The number of primary amides is 2. The Morgan fingerprint density at radius 1 is 0.368 bits per heavy atom. The predicted molar refractivity (Wildman–Crippen MR) is 420 cm³/mol. The van der Waals surface area contributed by atoms with Crippen molar-refractivity contribution in [2.75, 3.05) is 39.3 Å². The molecule has 117 heavy (non-hydrogen) atoms. The highest BCUT2D eigenvalue weighted by molar-refractivity contribution is 6.01. The molecule has 3 heterocycles. The highest BCUT2D eigenvalue weighted by Crippen LogP contribution is 2.25. The number of hydrogen-bond donors (Lipinski definition) is 22. The molecule has 658 valence electrons. The number of likely N-dealkylation sites (tertiary alicyclic amines) is 3. The minimum Gasteiger partial charge on any atom is -0.481 e. The third-order valence-electron chi connectivity index (χ3n) is 20.1. The van der Waals surface area contributed by atoms with E-state index in [0.717, 1.165) is 0 Å². The smallest absolute Gasteiger partial charge is 0.326 e. The van der Waals surface area contributed by atoms with Crippen molar-refractivity contribution < 1.29 is 101 Å². The number of nitrogens with zero attached hydrogens (tertiary/aromatic N) is 3. The van der Waals surface area contributed by atoms with Gasteiger partial charge in [0.05, 0.1) is 6.04 Å². The number of hydrogen-bond acceptors (Lipinski definition) is 23. The second-order valence-electron chi connectivity index (χ2n) is 30.4. The maximum absolute atomic E-state index is 14.7. The van der Waals surface area contributed by atoms with Gasteiger partial charge in [0.1, 0.15) is 90.6 Å². The first-order valence-electron chi connectivity index (χ1n) is 39.8. The Balaban J connectivity index is 1.75. The van der Waals surface area contributed by atoms with E-state index in [0.29, 0.717) is 38.6 Å². The Morgan fingerprint density at radius 2 is 0.709 bits per heavy atom. The summed E-state index contributed by atoms with van der Waals surface area (Å²) in [6, 6.07) is -21.2. The van der Waals surface area contributed by atoms with Crippen LogP contribution >= 0.6 is 0 Å². The number of nitrogens with two attached hydrogens (primary N) is 6. The molecule has 44 heteroatoms. The van der Waals surface area contributed by atoms with E-state index in [1.54, 1.807) is 27.7 Å². The Bertz CT molecular complexity index is 3530. The van der Waals surface area contributed by atoms with Gasteiger partial charge in [0.25, 0.3) is 0 Å². The Labute approximate surface area is 679 Å². The maximum Gasteiger partial charge on any atom is 0.326 e. The summed E-state index contributed by atoms with van der Waals surface area (Å²) in [4.78, 5) is 259. The molecule has 3 aliphatic rings. The summed E-state index contributed by atoms with van der Waals surface area (Å²) < 4.78 is 0. The summed E-state index contributed by atoms with van der Waals surface area (Å²) in [6.07, 6.45) is 1.000. The molecule has 0 bridgehead atoms. The van der Waals surface area contributed by atoms with Gasteiger partial charge in [-0.3, -0.25) is 91.7 Å². The standard InChI is InChI=1S/C73H125N23O21/c1-36(2)55(68(112)86-39(6)58(102)82-38(5)57(101)83-40(7)60(104)91-48(72(116)117)25-28-53(78)98)92-61(105)42(9)85-63(107)44(20-14-32-81-73(79)80)87-65(109)49-21-15-33-94(49)69(113)46(19-11-13-31-75)89-59(103)41(8)84-64(108)45(24-27-52(77)97)88-66(110)50-22-17-35-96(50)71(115)56(37(3)4)93-67(111)51-23-16-34-95(51)70(114)47(26-29-54(99)100)90-62(106)43(76)18-10-12-30-74/h36-51,55-56H,10-35,74-76H2,1-9H3,(H2,77,97)(H2,78,98)(H,82,102)(H,83,101)(H,84,108)(H,85,107)(H,86,112)(H,87,109)(H,88,110)(H,89,103)(H,90,106)(H,91,104)(H,92,105)(H,93,111)(H,99,100)(H,116,117)(H4,79,80,81)/t38-,39-,40-,41-,42-,43-,44-,45-,46-,47-,48-,49-,50-,51-,55-,56-/m0/s1. The minimum atomic E-state index is -1.55. The second-order valence-corrected chi connectivity index (χ2v) is 30.4. The quantitative estimate of drug-likeness (QED) is 0.0153. The molecular formula is C73H125N23O21. The molecular weight excluding hydrogens is 1530 g/mol. The van der Waals surface area contributed by atoms with Crippen LogP contribution in [0.15, 0.2) is 0 Å². The van der Waals surface area contributed by atoms with E-state index in [1.165, 1.54) is 49.3 Å². The Morgan fingerprint density at radius 3 is 1.12 bits per heavy atom. The van der Waals surface area contributed by atoms with Gasteiger partial charge in [0.2, 0.25) is 100 Å². The van der Waals surface area contributed by atoms with Crippen LogP contribution < -0.4 is 104 Å². The molecule has 0 spiro atoms. The molecule has 28 N–H and O–H groups in total. The van der Waals surface area contributed by atoms with Crippen LogP contribution in [-0.4, -0.2) is 279 Å². The van der Waals surface area contributed by atoms with Crippen molar-refractivity contribution in [3.63, 3.8) is 0 Å². The number of carboxylic acids is 2. The van der Waals surface area contributed by atoms with Gasteiger partial charge in [-0.25, -0.2) is 4.79 Å². The average Bonchev–Trinajstić information content (AvgIpc) is 1.72. The van der Waals surface area contributed by atoms with Crippen molar-refractivity contribution >= 4 is 118 Å². The number of carbonyl (C=O) groups is 19. The summed E-state index contributed by atoms with van der Waals surface area (Å²) >= 11 is 0. The number of unbranched alkanes of at least 4 members (excludes halogenated alkanes) is 2. The molecule has 44 nitrogen and oxygen atoms in total. The van der Waals surface area contributed by atoms with Crippen LogP contribution in [0.3, 0.4) is 0 Å². The number of carboxylic acid groups (broad SMARTS) is 2. The number of carbonyl (C=O) groups excluding carboxylic acids is 17. The molecule has 17 amide bonds.